The zero-order chi connectivity index (χ0) is 13.9. The van der Waals surface area contributed by atoms with Gasteiger partial charge in [-0.3, -0.25) is 4.79 Å². The molecule has 0 radical (unpaired) electrons. The number of amidine groups is 1. The van der Waals surface area contributed by atoms with Crippen LogP contribution in [-0.4, -0.2) is 18.3 Å². The van der Waals surface area contributed by atoms with Gasteiger partial charge in [0.25, 0.3) is 5.91 Å². The zero-order valence-corrected chi connectivity index (χ0v) is 11.6. The van der Waals surface area contributed by atoms with E-state index < -0.39 is 0 Å². The lowest BCUT2D eigenvalue weighted by molar-refractivity contribution is -0.115. The molecule has 4 nitrogen and oxygen atoms in total. The van der Waals surface area contributed by atoms with E-state index in [-0.39, 0.29) is 5.91 Å². The van der Waals surface area contributed by atoms with Crippen molar-refractivity contribution in [1.29, 1.82) is 0 Å². The molecule has 0 spiro atoms. The van der Waals surface area contributed by atoms with E-state index in [4.69, 9.17) is 4.74 Å². The summed E-state index contributed by atoms with van der Waals surface area (Å²) in [5.41, 5.74) is 1.42. The molecule has 0 aromatic heterocycles. The number of ether oxygens (including phenoxy) is 1. The fraction of sp³-hybridized carbons (Fsp3) is 0.375. The number of amides is 1. The highest BCUT2D eigenvalue weighted by Gasteiger charge is 2.30. The molecule has 1 saturated carbocycles. The van der Waals surface area contributed by atoms with E-state index >= 15 is 0 Å². The first-order chi connectivity index (χ1) is 9.76. The van der Waals surface area contributed by atoms with Gasteiger partial charge in [-0.15, -0.1) is 0 Å². The van der Waals surface area contributed by atoms with Gasteiger partial charge in [-0.05, 0) is 43.5 Å². The molecule has 20 heavy (non-hydrogen) atoms. The highest BCUT2D eigenvalue weighted by Crippen LogP contribution is 2.29. The van der Waals surface area contributed by atoms with Crippen molar-refractivity contribution < 1.29 is 9.53 Å². The van der Waals surface area contributed by atoms with Crippen LogP contribution in [0, 0.1) is 5.92 Å². The Morgan fingerprint density at radius 1 is 1.45 bits per heavy atom. The van der Waals surface area contributed by atoms with Crippen molar-refractivity contribution in [3.63, 3.8) is 0 Å². The maximum atomic E-state index is 11.9. The summed E-state index contributed by atoms with van der Waals surface area (Å²) in [7, 11) is 0. The highest BCUT2D eigenvalue weighted by atomic mass is 16.5. The number of rotatable bonds is 4. The molecule has 104 valence electrons. The number of nitrogens with zero attached hydrogens (tertiary/aromatic N) is 1. The number of nitrogens with one attached hydrogen (secondary N) is 1. The number of hydrogen-bond acceptors (Lipinski definition) is 3. The molecule has 1 aromatic rings. The summed E-state index contributed by atoms with van der Waals surface area (Å²) in [6.07, 6.45) is 5.30. The Morgan fingerprint density at radius 3 is 3.00 bits per heavy atom. The first-order valence-electron chi connectivity index (χ1n) is 7.11. The first kappa shape index (κ1) is 12.9. The summed E-state index contributed by atoms with van der Waals surface area (Å²) in [4.78, 5) is 16.4. The fourth-order valence-corrected chi connectivity index (χ4v) is 2.38. The second-order valence-corrected chi connectivity index (χ2v) is 5.11. The predicted molar refractivity (Wildman–Crippen MR) is 78.5 cm³/mol. The molecule has 1 aromatic carbocycles. The van der Waals surface area contributed by atoms with E-state index in [1.807, 2.05) is 37.3 Å². The third-order valence-electron chi connectivity index (χ3n) is 3.68. The summed E-state index contributed by atoms with van der Waals surface area (Å²) < 4.78 is 5.46. The SMILES string of the molecule is CCOc1cccc(/C=C2/N=C(C3CCC3)NC2=O)c1. The van der Waals surface area contributed by atoms with Gasteiger partial charge in [-0.2, -0.15) is 0 Å². The molecule has 1 heterocycles. The Morgan fingerprint density at radius 2 is 2.30 bits per heavy atom. The number of carbonyl (C=O) groups excluding carboxylic acids is 1. The third-order valence-corrected chi connectivity index (χ3v) is 3.68. The highest BCUT2D eigenvalue weighted by molar-refractivity contribution is 6.15. The topological polar surface area (TPSA) is 50.7 Å². The van der Waals surface area contributed by atoms with Gasteiger partial charge in [0.05, 0.1) is 6.61 Å². The molecular formula is C16H18N2O2. The van der Waals surface area contributed by atoms with Gasteiger partial charge in [0.2, 0.25) is 0 Å². The molecule has 0 saturated heterocycles. The van der Waals surface area contributed by atoms with Crippen molar-refractivity contribution in [2.45, 2.75) is 26.2 Å². The summed E-state index contributed by atoms with van der Waals surface area (Å²) in [5, 5.41) is 2.88. The lowest BCUT2D eigenvalue weighted by Gasteiger charge is -2.24. The van der Waals surface area contributed by atoms with Crippen molar-refractivity contribution in [2.24, 2.45) is 10.9 Å². The van der Waals surface area contributed by atoms with Crippen LogP contribution < -0.4 is 10.1 Å². The van der Waals surface area contributed by atoms with Crippen LogP contribution in [0.25, 0.3) is 6.08 Å². The van der Waals surface area contributed by atoms with Crippen LogP contribution in [0.2, 0.25) is 0 Å². The number of hydrogen-bond donors (Lipinski definition) is 1. The lowest BCUT2D eigenvalue weighted by atomic mass is 9.84. The minimum absolute atomic E-state index is 0.103. The molecule has 3 rings (SSSR count). The number of aliphatic imine (C=N–C) groups is 1. The number of benzene rings is 1. The van der Waals surface area contributed by atoms with Crippen LogP contribution in [-0.2, 0) is 4.79 Å². The molecule has 2 aliphatic rings. The maximum Gasteiger partial charge on any atom is 0.275 e. The second kappa shape index (κ2) is 5.49. The lowest BCUT2D eigenvalue weighted by Crippen LogP contribution is -2.33. The van der Waals surface area contributed by atoms with Crippen molar-refractivity contribution in [3.8, 4) is 5.75 Å². The van der Waals surface area contributed by atoms with Crippen molar-refractivity contribution in [1.82, 2.24) is 5.32 Å². The van der Waals surface area contributed by atoms with Gasteiger partial charge >= 0.3 is 0 Å². The van der Waals surface area contributed by atoms with E-state index in [1.165, 1.54) is 6.42 Å². The van der Waals surface area contributed by atoms with Gasteiger partial charge in [0.15, 0.2) is 0 Å². The Hall–Kier alpha value is -2.10. The average Bonchev–Trinajstić information content (AvgIpc) is 2.69. The summed E-state index contributed by atoms with van der Waals surface area (Å²) in [6, 6.07) is 7.68. The molecular weight excluding hydrogens is 252 g/mol. The van der Waals surface area contributed by atoms with E-state index in [0.717, 1.165) is 30.0 Å². The van der Waals surface area contributed by atoms with Gasteiger partial charge < -0.3 is 10.1 Å². The molecule has 1 fully saturated rings. The average molecular weight is 270 g/mol. The summed E-state index contributed by atoms with van der Waals surface area (Å²) in [5.74, 6) is 1.99. The zero-order valence-electron chi connectivity index (χ0n) is 11.6. The van der Waals surface area contributed by atoms with Crippen LogP contribution in [0.15, 0.2) is 35.0 Å². The monoisotopic (exact) mass is 270 g/mol. The Bertz CT molecular complexity index is 586. The Labute approximate surface area is 118 Å². The smallest absolute Gasteiger partial charge is 0.275 e. The molecule has 1 aliphatic heterocycles. The van der Waals surface area contributed by atoms with Crippen LogP contribution in [0.1, 0.15) is 31.7 Å². The van der Waals surface area contributed by atoms with Gasteiger partial charge in [0, 0.05) is 5.92 Å². The largest absolute Gasteiger partial charge is 0.494 e. The maximum absolute atomic E-state index is 11.9. The number of carbonyl (C=O) groups is 1. The van der Waals surface area contributed by atoms with E-state index in [9.17, 15) is 4.79 Å². The molecule has 1 N–H and O–H groups in total. The minimum Gasteiger partial charge on any atom is -0.494 e. The third kappa shape index (κ3) is 2.59. The first-order valence-corrected chi connectivity index (χ1v) is 7.11. The molecule has 0 bridgehead atoms. The second-order valence-electron chi connectivity index (χ2n) is 5.11. The van der Waals surface area contributed by atoms with Crippen LogP contribution in [0.5, 0.6) is 5.75 Å². The molecule has 0 atom stereocenters. The molecule has 0 unspecified atom stereocenters. The standard InChI is InChI=1S/C16H18N2O2/c1-2-20-13-8-3-5-11(9-13)10-14-16(19)18-15(17-14)12-6-4-7-12/h3,5,8-10,12H,2,4,6-7H2,1H3,(H,17,18,19)/b14-10+. The van der Waals surface area contributed by atoms with Crippen molar-refractivity contribution in [3.05, 3.63) is 35.5 Å². The normalized spacial score (nSPS) is 20.6. The van der Waals surface area contributed by atoms with Crippen molar-refractivity contribution in [2.75, 3.05) is 6.61 Å². The Kier molecular flexibility index (Phi) is 3.54. The summed E-state index contributed by atoms with van der Waals surface area (Å²) in [6.45, 7) is 2.58. The predicted octanol–water partition coefficient (Wildman–Crippen LogP) is 2.75. The molecule has 1 amide bonds. The quantitative estimate of drug-likeness (QED) is 0.855. The molecule has 4 heteroatoms. The van der Waals surface area contributed by atoms with Gasteiger partial charge in [-0.1, -0.05) is 18.6 Å². The van der Waals surface area contributed by atoms with E-state index in [1.54, 1.807) is 0 Å². The molecule has 1 aliphatic carbocycles. The fourth-order valence-electron chi connectivity index (χ4n) is 2.38. The van der Waals surface area contributed by atoms with E-state index in [0.29, 0.717) is 18.2 Å². The van der Waals surface area contributed by atoms with Crippen LogP contribution >= 0.6 is 0 Å². The van der Waals surface area contributed by atoms with Gasteiger partial charge in [0.1, 0.15) is 17.3 Å². The van der Waals surface area contributed by atoms with Crippen LogP contribution in [0.4, 0.5) is 0 Å². The Balaban J connectivity index is 1.82. The van der Waals surface area contributed by atoms with E-state index in [2.05, 4.69) is 10.3 Å². The summed E-state index contributed by atoms with van der Waals surface area (Å²) >= 11 is 0. The van der Waals surface area contributed by atoms with Crippen LogP contribution in [0.3, 0.4) is 0 Å². The van der Waals surface area contributed by atoms with Gasteiger partial charge in [-0.25, -0.2) is 4.99 Å². The van der Waals surface area contributed by atoms with Crippen molar-refractivity contribution >= 4 is 17.8 Å². The minimum atomic E-state index is -0.103.